The van der Waals surface area contributed by atoms with Gasteiger partial charge in [-0.25, -0.2) is 0 Å². The molecule has 0 spiro atoms. The Bertz CT molecular complexity index is 315. The SMILES string of the molecule is O=C1C2(Cl)C=CC1(Cl)C(Cl)=C2Cl. The average molecular weight is 244 g/mol. The van der Waals surface area contributed by atoms with Gasteiger partial charge in [0, 0.05) is 0 Å². The highest BCUT2D eigenvalue weighted by molar-refractivity contribution is 6.63. The topological polar surface area (TPSA) is 17.1 Å². The van der Waals surface area contributed by atoms with Crippen LogP contribution in [-0.2, 0) is 4.79 Å². The van der Waals surface area contributed by atoms with E-state index in [2.05, 4.69) is 0 Å². The number of carbonyl (C=O) groups excluding carboxylic acids is 1. The molecule has 0 saturated heterocycles. The highest BCUT2D eigenvalue weighted by atomic mass is 35.5. The van der Waals surface area contributed by atoms with Crippen molar-refractivity contribution >= 4 is 52.2 Å². The molecule has 12 heavy (non-hydrogen) atoms. The lowest BCUT2D eigenvalue weighted by Gasteiger charge is -2.11. The largest absolute Gasteiger partial charge is 0.294 e. The van der Waals surface area contributed by atoms with Crippen LogP contribution in [0.3, 0.4) is 0 Å². The van der Waals surface area contributed by atoms with Gasteiger partial charge in [-0.2, -0.15) is 0 Å². The lowest BCUT2D eigenvalue weighted by atomic mass is 10.1. The molecular weight excluding hydrogens is 242 g/mol. The van der Waals surface area contributed by atoms with Gasteiger partial charge in [-0.1, -0.05) is 58.6 Å². The fourth-order valence-corrected chi connectivity index (χ4v) is 2.66. The molecule has 2 aliphatic carbocycles. The molecule has 0 amide bonds. The summed E-state index contributed by atoms with van der Waals surface area (Å²) in [7, 11) is 0. The molecule has 0 fully saturated rings. The van der Waals surface area contributed by atoms with Gasteiger partial charge in [-0.05, 0) is 0 Å². The summed E-state index contributed by atoms with van der Waals surface area (Å²) in [6.07, 6.45) is 2.94. The number of alkyl halides is 2. The van der Waals surface area contributed by atoms with Crippen molar-refractivity contribution in [1.29, 1.82) is 0 Å². The zero-order valence-electron chi connectivity index (χ0n) is 5.57. The minimum absolute atomic E-state index is 0.119. The van der Waals surface area contributed by atoms with Crippen LogP contribution in [0.4, 0.5) is 0 Å². The number of halogens is 4. The highest BCUT2D eigenvalue weighted by Crippen LogP contribution is 2.56. The molecule has 64 valence electrons. The fourth-order valence-electron chi connectivity index (χ4n) is 1.31. The van der Waals surface area contributed by atoms with Crippen LogP contribution in [0.2, 0.25) is 0 Å². The molecule has 2 unspecified atom stereocenters. The Balaban J connectivity index is 2.71. The van der Waals surface area contributed by atoms with Gasteiger partial charge in [0.05, 0.1) is 10.1 Å². The van der Waals surface area contributed by atoms with E-state index >= 15 is 0 Å². The van der Waals surface area contributed by atoms with E-state index in [0.717, 1.165) is 0 Å². The predicted octanol–water partition coefficient (Wildman–Crippen LogP) is 2.78. The van der Waals surface area contributed by atoms with Gasteiger partial charge in [-0.15, -0.1) is 0 Å². The first kappa shape index (κ1) is 8.89. The summed E-state index contributed by atoms with van der Waals surface area (Å²) < 4.78 is 0. The number of hydrogen-bond donors (Lipinski definition) is 0. The standard InChI is InChI=1S/C7H2Cl4O/c8-3-4(9)7(11)2-1-6(3,10)5(7)12/h1-2H. The van der Waals surface area contributed by atoms with Gasteiger partial charge >= 0.3 is 0 Å². The monoisotopic (exact) mass is 242 g/mol. The Morgan fingerprint density at radius 2 is 1.33 bits per heavy atom. The fraction of sp³-hybridized carbons (Fsp3) is 0.286. The van der Waals surface area contributed by atoms with Crippen molar-refractivity contribution in [3.8, 4) is 0 Å². The van der Waals surface area contributed by atoms with Gasteiger partial charge in [0.1, 0.15) is 0 Å². The number of allylic oxidation sites excluding steroid dienone is 4. The number of fused-ring (bicyclic) bond motifs is 2. The van der Waals surface area contributed by atoms with Crippen LogP contribution < -0.4 is 0 Å². The van der Waals surface area contributed by atoms with Crippen LogP contribution in [0.1, 0.15) is 0 Å². The third kappa shape index (κ3) is 0.717. The van der Waals surface area contributed by atoms with E-state index in [1.54, 1.807) is 0 Å². The molecular formula is C7H2Cl4O. The van der Waals surface area contributed by atoms with E-state index in [4.69, 9.17) is 46.4 Å². The van der Waals surface area contributed by atoms with Crippen LogP contribution in [0.5, 0.6) is 0 Å². The van der Waals surface area contributed by atoms with E-state index in [0.29, 0.717) is 0 Å². The molecule has 0 N–H and O–H groups in total. The lowest BCUT2D eigenvalue weighted by Crippen LogP contribution is -2.31. The number of rotatable bonds is 0. The average Bonchev–Trinajstić information content (AvgIpc) is 2.33. The molecule has 2 aliphatic rings. The molecule has 0 aromatic carbocycles. The van der Waals surface area contributed by atoms with E-state index in [-0.39, 0.29) is 15.8 Å². The predicted molar refractivity (Wildman–Crippen MR) is 50.0 cm³/mol. The zero-order chi connectivity index (χ0) is 9.15. The molecule has 0 saturated carbocycles. The van der Waals surface area contributed by atoms with E-state index in [9.17, 15) is 4.79 Å². The smallest absolute Gasteiger partial charge is 0.193 e. The zero-order valence-corrected chi connectivity index (χ0v) is 8.60. The highest BCUT2D eigenvalue weighted by Gasteiger charge is 2.62. The van der Waals surface area contributed by atoms with Crippen molar-refractivity contribution < 1.29 is 4.79 Å². The second-order valence-electron chi connectivity index (χ2n) is 2.71. The van der Waals surface area contributed by atoms with Crippen LogP contribution in [-0.4, -0.2) is 15.5 Å². The Morgan fingerprint density at radius 1 is 1.00 bits per heavy atom. The van der Waals surface area contributed by atoms with Gasteiger partial charge in [0.2, 0.25) is 0 Å². The molecule has 0 heterocycles. The number of carbonyl (C=O) groups is 1. The molecule has 0 radical (unpaired) electrons. The van der Waals surface area contributed by atoms with Gasteiger partial charge in [0.25, 0.3) is 0 Å². The quantitative estimate of drug-likeness (QED) is 0.473. The van der Waals surface area contributed by atoms with Crippen molar-refractivity contribution in [3.63, 3.8) is 0 Å². The molecule has 0 aromatic heterocycles. The maximum absolute atomic E-state index is 11.5. The normalized spacial score (nSPS) is 44.8. The molecule has 2 rings (SSSR count). The van der Waals surface area contributed by atoms with E-state index in [1.807, 2.05) is 0 Å². The summed E-state index contributed by atoms with van der Waals surface area (Å²) >= 11 is 23.3. The summed E-state index contributed by atoms with van der Waals surface area (Å²) in [6.45, 7) is 0. The Hall–Kier alpha value is 0.310. The van der Waals surface area contributed by atoms with E-state index < -0.39 is 9.75 Å². The van der Waals surface area contributed by atoms with E-state index in [1.165, 1.54) is 12.2 Å². The molecule has 0 aromatic rings. The Kier molecular flexibility index (Phi) is 1.64. The minimum Gasteiger partial charge on any atom is -0.294 e. The minimum atomic E-state index is -1.31. The number of ketones is 1. The van der Waals surface area contributed by atoms with Crippen molar-refractivity contribution in [2.45, 2.75) is 9.75 Å². The lowest BCUT2D eigenvalue weighted by molar-refractivity contribution is -0.118. The molecule has 0 aliphatic heterocycles. The second-order valence-corrected chi connectivity index (χ2v) is 4.66. The summed E-state index contributed by atoms with van der Waals surface area (Å²) in [6, 6.07) is 0. The number of Topliss-reactive ketones (excluding diaryl/α,β-unsaturated/α-hetero) is 1. The molecule has 1 nitrogen and oxygen atoms in total. The van der Waals surface area contributed by atoms with Crippen LogP contribution in [0.25, 0.3) is 0 Å². The first-order chi connectivity index (χ1) is 5.43. The van der Waals surface area contributed by atoms with Crippen molar-refractivity contribution in [3.05, 3.63) is 22.2 Å². The third-order valence-electron chi connectivity index (χ3n) is 2.04. The molecule has 5 heteroatoms. The Labute approximate surface area is 88.9 Å². The first-order valence-electron chi connectivity index (χ1n) is 3.12. The van der Waals surface area contributed by atoms with Crippen molar-refractivity contribution in [2.75, 3.05) is 0 Å². The van der Waals surface area contributed by atoms with Crippen molar-refractivity contribution in [1.82, 2.24) is 0 Å². The first-order valence-corrected chi connectivity index (χ1v) is 4.63. The van der Waals surface area contributed by atoms with Gasteiger partial charge < -0.3 is 0 Å². The summed E-state index contributed by atoms with van der Waals surface area (Å²) in [5.74, 6) is -0.381. The summed E-state index contributed by atoms with van der Waals surface area (Å²) in [5.41, 5.74) is 0. The third-order valence-corrected chi connectivity index (χ3v) is 4.27. The maximum atomic E-state index is 11.5. The molecule has 2 bridgehead atoms. The van der Waals surface area contributed by atoms with Gasteiger partial charge in [-0.3, -0.25) is 4.79 Å². The summed E-state index contributed by atoms with van der Waals surface area (Å²) in [5, 5.41) is 0.238. The van der Waals surface area contributed by atoms with Crippen molar-refractivity contribution in [2.24, 2.45) is 0 Å². The Morgan fingerprint density at radius 3 is 1.50 bits per heavy atom. The van der Waals surface area contributed by atoms with Gasteiger partial charge in [0.15, 0.2) is 15.5 Å². The number of hydrogen-bond acceptors (Lipinski definition) is 1. The van der Waals surface area contributed by atoms with Crippen LogP contribution in [0, 0.1) is 0 Å². The summed E-state index contributed by atoms with van der Waals surface area (Å²) in [4.78, 5) is 8.88. The second kappa shape index (κ2) is 2.21. The van der Waals surface area contributed by atoms with Crippen LogP contribution in [0.15, 0.2) is 22.2 Å². The maximum Gasteiger partial charge on any atom is 0.193 e. The van der Waals surface area contributed by atoms with Crippen LogP contribution >= 0.6 is 46.4 Å². The molecule has 2 atom stereocenters.